The number of hydrogen-bond donors (Lipinski definition) is 1. The van der Waals surface area contributed by atoms with Crippen LogP contribution in [0.3, 0.4) is 0 Å². The molecule has 4 rings (SSSR count). The van der Waals surface area contributed by atoms with Crippen LogP contribution in [-0.2, 0) is 24.8 Å². The summed E-state index contributed by atoms with van der Waals surface area (Å²) in [5, 5.41) is 12.3. The van der Waals surface area contributed by atoms with E-state index >= 15 is 0 Å². The van der Waals surface area contributed by atoms with E-state index < -0.39 is 0 Å². The number of aromatic nitrogens is 5. The van der Waals surface area contributed by atoms with Crippen LogP contribution in [0, 0.1) is 0 Å². The third-order valence-corrected chi connectivity index (χ3v) is 5.08. The molecule has 0 unspecified atom stereocenters. The second-order valence-electron chi connectivity index (χ2n) is 6.88. The molecule has 25 heavy (non-hydrogen) atoms. The minimum Gasteiger partial charge on any atom is -0.308 e. The Morgan fingerprint density at radius 1 is 1.24 bits per heavy atom. The fourth-order valence-corrected chi connectivity index (χ4v) is 3.78. The summed E-state index contributed by atoms with van der Waals surface area (Å²) in [6.07, 6.45) is 8.39. The zero-order valence-corrected chi connectivity index (χ0v) is 14.9. The predicted molar refractivity (Wildman–Crippen MR) is 93.1 cm³/mol. The van der Waals surface area contributed by atoms with E-state index in [0.717, 1.165) is 62.5 Å². The summed E-state index contributed by atoms with van der Waals surface area (Å²) >= 11 is 0. The lowest BCUT2D eigenvalue weighted by atomic mass is 10.0. The largest absolute Gasteiger partial charge is 0.308 e. The number of nitrogens with zero attached hydrogens (tertiary/aromatic N) is 6. The molecule has 0 radical (unpaired) electrons. The molecule has 0 aromatic carbocycles. The van der Waals surface area contributed by atoms with Gasteiger partial charge in [0, 0.05) is 32.8 Å². The van der Waals surface area contributed by atoms with Crippen LogP contribution in [-0.4, -0.2) is 43.0 Å². The number of carbonyl (C=O) groups is 1. The number of piperidine rings is 1. The van der Waals surface area contributed by atoms with Crippen molar-refractivity contribution in [1.82, 2.24) is 29.9 Å². The lowest BCUT2D eigenvalue weighted by molar-refractivity contribution is -0.122. The number of anilines is 1. The molecular weight excluding hydrogens is 318 g/mol. The van der Waals surface area contributed by atoms with Crippen molar-refractivity contribution in [3.8, 4) is 0 Å². The number of carbonyl (C=O) groups excluding carboxylic acids is 1. The van der Waals surface area contributed by atoms with Gasteiger partial charge in [0.1, 0.15) is 5.82 Å². The average molecular weight is 343 g/mol. The molecule has 2 aromatic heterocycles. The van der Waals surface area contributed by atoms with Crippen molar-refractivity contribution in [2.45, 2.75) is 57.7 Å². The first-order chi connectivity index (χ1) is 12.2. The van der Waals surface area contributed by atoms with Gasteiger partial charge in [-0.05, 0) is 25.7 Å². The summed E-state index contributed by atoms with van der Waals surface area (Å²) in [4.78, 5) is 19.5. The Labute approximate surface area is 147 Å². The number of rotatable bonds is 4. The second kappa shape index (κ2) is 6.59. The Morgan fingerprint density at radius 2 is 2.04 bits per heavy atom. The molecule has 1 fully saturated rings. The smallest absolute Gasteiger partial charge is 0.244 e. The van der Waals surface area contributed by atoms with Crippen LogP contribution in [0.25, 0.3) is 0 Å². The highest BCUT2D eigenvalue weighted by atomic mass is 16.2. The summed E-state index contributed by atoms with van der Waals surface area (Å²) < 4.78 is 3.74. The van der Waals surface area contributed by atoms with E-state index in [2.05, 4.69) is 27.4 Å². The molecule has 2 aliphatic heterocycles. The van der Waals surface area contributed by atoms with E-state index in [0.29, 0.717) is 0 Å². The number of hydrogen-bond acceptors (Lipinski definition) is 5. The maximum Gasteiger partial charge on any atom is 0.244 e. The number of nitrogens with one attached hydrogen (secondary N) is 1. The zero-order chi connectivity index (χ0) is 17.4. The molecule has 0 aliphatic carbocycles. The van der Waals surface area contributed by atoms with Crippen molar-refractivity contribution in [3.63, 3.8) is 0 Å². The van der Waals surface area contributed by atoms with Gasteiger partial charge < -0.3 is 4.90 Å². The van der Waals surface area contributed by atoms with E-state index in [-0.39, 0.29) is 18.0 Å². The fraction of sp³-hybridized carbons (Fsp3) is 0.647. The topological polar surface area (TPSA) is 80.9 Å². The Bertz CT molecular complexity index is 765. The van der Waals surface area contributed by atoms with Gasteiger partial charge in [0.15, 0.2) is 5.82 Å². The molecule has 0 saturated carbocycles. The van der Waals surface area contributed by atoms with Gasteiger partial charge in [0.2, 0.25) is 5.91 Å². The minimum absolute atomic E-state index is 0.101. The summed E-state index contributed by atoms with van der Waals surface area (Å²) in [5.41, 5.74) is 0.874. The standard InChI is InChI=1S/C17H25N7O/c1-3-15-20-16-13(6-5-9-24(16)21-15)19-14-7-4-8-23(17(14)25)12-10-18-22(2)11-12/h10-11,13-14,19H,3-9H2,1-2H3/t13-,14+/m1/s1. The predicted octanol–water partition coefficient (Wildman–Crippen LogP) is 1.19. The van der Waals surface area contributed by atoms with Gasteiger partial charge >= 0.3 is 0 Å². The van der Waals surface area contributed by atoms with Gasteiger partial charge in [-0.15, -0.1) is 0 Å². The van der Waals surface area contributed by atoms with Gasteiger partial charge in [-0.1, -0.05) is 6.92 Å². The molecule has 2 aliphatic rings. The van der Waals surface area contributed by atoms with E-state index in [1.807, 2.05) is 22.8 Å². The average Bonchev–Trinajstić information content (AvgIpc) is 3.23. The van der Waals surface area contributed by atoms with Gasteiger partial charge in [-0.3, -0.25) is 14.8 Å². The highest BCUT2D eigenvalue weighted by molar-refractivity contribution is 5.97. The maximum atomic E-state index is 13.0. The lowest BCUT2D eigenvalue weighted by Crippen LogP contribution is -2.52. The Morgan fingerprint density at radius 3 is 2.80 bits per heavy atom. The number of amides is 1. The molecule has 8 heteroatoms. The summed E-state index contributed by atoms with van der Waals surface area (Å²) in [6, 6.07) is -0.0726. The molecule has 0 spiro atoms. The lowest BCUT2D eigenvalue weighted by Gasteiger charge is -2.34. The van der Waals surface area contributed by atoms with Crippen molar-refractivity contribution >= 4 is 11.6 Å². The molecule has 1 N–H and O–H groups in total. The molecule has 4 heterocycles. The van der Waals surface area contributed by atoms with Crippen molar-refractivity contribution in [3.05, 3.63) is 24.0 Å². The Kier molecular flexibility index (Phi) is 4.29. The third kappa shape index (κ3) is 3.06. The van der Waals surface area contributed by atoms with Crippen LogP contribution >= 0.6 is 0 Å². The molecule has 0 bridgehead atoms. The van der Waals surface area contributed by atoms with Crippen molar-refractivity contribution < 1.29 is 4.79 Å². The highest BCUT2D eigenvalue weighted by Crippen LogP contribution is 2.27. The maximum absolute atomic E-state index is 13.0. The van der Waals surface area contributed by atoms with Crippen LogP contribution in [0.1, 0.15) is 50.3 Å². The normalized spacial score (nSPS) is 23.8. The molecule has 134 valence electrons. The van der Waals surface area contributed by atoms with Gasteiger partial charge in [0.25, 0.3) is 0 Å². The number of fused-ring (bicyclic) bond motifs is 1. The molecule has 1 saturated heterocycles. The van der Waals surface area contributed by atoms with E-state index in [4.69, 9.17) is 0 Å². The van der Waals surface area contributed by atoms with Crippen LogP contribution in [0.2, 0.25) is 0 Å². The third-order valence-electron chi connectivity index (χ3n) is 5.08. The summed E-state index contributed by atoms with van der Waals surface area (Å²) in [7, 11) is 1.87. The Hall–Kier alpha value is -2.22. The molecule has 2 atom stereocenters. The van der Waals surface area contributed by atoms with Crippen molar-refractivity contribution in [1.29, 1.82) is 0 Å². The van der Waals surface area contributed by atoms with Gasteiger partial charge in [-0.2, -0.15) is 10.2 Å². The summed E-state index contributed by atoms with van der Waals surface area (Å²) in [6.45, 7) is 3.74. The van der Waals surface area contributed by atoms with Crippen LogP contribution in [0.15, 0.2) is 12.4 Å². The van der Waals surface area contributed by atoms with Crippen molar-refractivity contribution in [2.24, 2.45) is 7.05 Å². The van der Waals surface area contributed by atoms with Crippen molar-refractivity contribution in [2.75, 3.05) is 11.4 Å². The molecule has 2 aromatic rings. The zero-order valence-electron chi connectivity index (χ0n) is 14.9. The monoisotopic (exact) mass is 343 g/mol. The Balaban J connectivity index is 1.51. The molecule has 1 amide bonds. The van der Waals surface area contributed by atoms with E-state index in [1.54, 1.807) is 10.9 Å². The van der Waals surface area contributed by atoms with Gasteiger partial charge in [0.05, 0.1) is 24.0 Å². The van der Waals surface area contributed by atoms with Crippen LogP contribution in [0.4, 0.5) is 5.69 Å². The first kappa shape index (κ1) is 16.3. The summed E-state index contributed by atoms with van der Waals surface area (Å²) in [5.74, 6) is 2.00. The number of aryl methyl sites for hydroxylation is 3. The van der Waals surface area contributed by atoms with Crippen LogP contribution in [0.5, 0.6) is 0 Å². The fourth-order valence-electron chi connectivity index (χ4n) is 3.78. The molecular formula is C17H25N7O. The molecule has 8 nitrogen and oxygen atoms in total. The SMILES string of the molecule is CCc1nc2n(n1)CCC[C@H]2N[C@H]1CCCN(c2cnn(C)c2)C1=O. The minimum atomic E-state index is -0.174. The van der Waals surface area contributed by atoms with E-state index in [9.17, 15) is 4.79 Å². The highest BCUT2D eigenvalue weighted by Gasteiger charge is 2.34. The quantitative estimate of drug-likeness (QED) is 0.902. The van der Waals surface area contributed by atoms with E-state index in [1.165, 1.54) is 0 Å². The first-order valence-corrected chi connectivity index (χ1v) is 9.15. The first-order valence-electron chi connectivity index (χ1n) is 9.15. The van der Waals surface area contributed by atoms with Gasteiger partial charge in [-0.25, -0.2) is 9.67 Å². The van der Waals surface area contributed by atoms with Crippen LogP contribution < -0.4 is 10.2 Å². The second-order valence-corrected chi connectivity index (χ2v) is 6.88.